The van der Waals surface area contributed by atoms with E-state index in [4.69, 9.17) is 4.52 Å². The minimum absolute atomic E-state index is 0.0153. The number of unbranched alkanes of at least 4 members (excludes halogenated alkanes) is 1. The van der Waals surface area contributed by atoms with E-state index in [0.717, 1.165) is 19.3 Å². The normalized spacial score (nSPS) is 16.3. The molecule has 0 radical (unpaired) electrons. The molecular weight excluding hydrogens is 419 g/mol. The van der Waals surface area contributed by atoms with Crippen molar-refractivity contribution < 1.29 is 19.4 Å². The molecule has 0 spiro atoms. The maximum Gasteiger partial charge on any atom is 0.327 e. The first-order valence-electron chi connectivity index (χ1n) is 12.0. The Bertz CT molecular complexity index is 702. The smallest absolute Gasteiger partial charge is 0.327 e. The maximum absolute atomic E-state index is 10.5. The second-order valence-corrected chi connectivity index (χ2v) is 13.4. The third kappa shape index (κ3) is 7.24. The van der Waals surface area contributed by atoms with Crippen molar-refractivity contribution in [3.05, 3.63) is 34.4 Å². The van der Waals surface area contributed by atoms with Gasteiger partial charge in [-0.15, -0.1) is 0 Å². The van der Waals surface area contributed by atoms with Crippen LogP contribution in [0.4, 0.5) is 0 Å². The highest BCUT2D eigenvalue weighted by atomic mass is 31.2. The van der Waals surface area contributed by atoms with Crippen LogP contribution < -0.4 is 0 Å². The van der Waals surface area contributed by atoms with E-state index in [1.165, 1.54) is 22.3 Å². The van der Waals surface area contributed by atoms with Gasteiger partial charge in [-0.1, -0.05) is 101 Å². The molecule has 0 aliphatic carbocycles. The SMILES string of the molecule is CCCCC(C)(c1c(C(C)(C)C)cc(C(C)(C)C)cc1C(C)(C)C)C(CO)COP(O)O. The molecule has 2 atom stereocenters. The van der Waals surface area contributed by atoms with Crippen LogP contribution in [0, 0.1) is 5.92 Å². The van der Waals surface area contributed by atoms with Crippen LogP contribution in [-0.4, -0.2) is 28.1 Å². The van der Waals surface area contributed by atoms with Crippen LogP contribution in [0.15, 0.2) is 12.1 Å². The highest BCUT2D eigenvalue weighted by Gasteiger charge is 2.42. The van der Waals surface area contributed by atoms with Crippen molar-refractivity contribution >= 4 is 8.60 Å². The third-order valence-corrected chi connectivity index (χ3v) is 7.13. The van der Waals surface area contributed by atoms with Crippen LogP contribution in [0.3, 0.4) is 0 Å². The molecule has 0 aromatic heterocycles. The van der Waals surface area contributed by atoms with Crippen molar-refractivity contribution in [3.63, 3.8) is 0 Å². The predicted octanol–water partition coefficient (Wildman–Crippen LogP) is 6.86. The Morgan fingerprint density at radius 3 is 1.62 bits per heavy atom. The topological polar surface area (TPSA) is 69.9 Å². The quantitative estimate of drug-likeness (QED) is 0.346. The molecule has 0 heterocycles. The third-order valence-electron chi connectivity index (χ3n) is 6.75. The van der Waals surface area contributed by atoms with Crippen molar-refractivity contribution in [2.45, 2.75) is 117 Å². The van der Waals surface area contributed by atoms with Crippen LogP contribution in [0.1, 0.15) is 118 Å². The van der Waals surface area contributed by atoms with Gasteiger partial charge in [0, 0.05) is 17.9 Å². The van der Waals surface area contributed by atoms with Crippen molar-refractivity contribution in [1.29, 1.82) is 0 Å². The first-order chi connectivity index (χ1) is 14.4. The number of aliphatic hydroxyl groups is 1. The summed E-state index contributed by atoms with van der Waals surface area (Å²) in [6, 6.07) is 4.74. The maximum atomic E-state index is 10.5. The summed E-state index contributed by atoms with van der Waals surface area (Å²) < 4.78 is 5.29. The zero-order chi connectivity index (χ0) is 25.1. The summed E-state index contributed by atoms with van der Waals surface area (Å²) in [7, 11) is -2.46. The Morgan fingerprint density at radius 1 is 0.844 bits per heavy atom. The number of hydrogen-bond acceptors (Lipinski definition) is 4. The Morgan fingerprint density at radius 2 is 1.31 bits per heavy atom. The molecule has 32 heavy (non-hydrogen) atoms. The first-order valence-corrected chi connectivity index (χ1v) is 13.2. The molecule has 186 valence electrons. The molecule has 0 amide bonds. The van der Waals surface area contributed by atoms with Gasteiger partial charge in [0.2, 0.25) is 0 Å². The summed E-state index contributed by atoms with van der Waals surface area (Å²) in [6.45, 7) is 24.8. The number of aliphatic hydroxyl groups excluding tert-OH is 1. The van der Waals surface area contributed by atoms with E-state index in [0.29, 0.717) is 0 Å². The second kappa shape index (κ2) is 10.8. The molecule has 4 nitrogen and oxygen atoms in total. The molecule has 1 aromatic carbocycles. The Kier molecular flexibility index (Phi) is 9.99. The summed E-state index contributed by atoms with van der Waals surface area (Å²) in [5, 5.41) is 10.5. The fourth-order valence-electron chi connectivity index (χ4n) is 4.55. The van der Waals surface area contributed by atoms with E-state index >= 15 is 0 Å². The monoisotopic (exact) mass is 468 g/mol. The zero-order valence-electron chi connectivity index (χ0n) is 22.5. The van der Waals surface area contributed by atoms with Crippen LogP contribution in [0.25, 0.3) is 0 Å². The number of benzene rings is 1. The largest absolute Gasteiger partial charge is 0.396 e. The lowest BCUT2D eigenvalue weighted by Crippen LogP contribution is -2.42. The Hall–Kier alpha value is -0.510. The van der Waals surface area contributed by atoms with Gasteiger partial charge in [-0.25, -0.2) is 0 Å². The van der Waals surface area contributed by atoms with Crippen molar-refractivity contribution in [1.82, 2.24) is 0 Å². The van der Waals surface area contributed by atoms with Crippen molar-refractivity contribution in [3.8, 4) is 0 Å². The second-order valence-electron chi connectivity index (χ2n) is 12.6. The van der Waals surface area contributed by atoms with E-state index in [1.807, 2.05) is 0 Å². The van der Waals surface area contributed by atoms with Gasteiger partial charge in [0.15, 0.2) is 0 Å². The fraction of sp³-hybridized carbons (Fsp3) is 0.778. The molecule has 3 N–H and O–H groups in total. The van der Waals surface area contributed by atoms with E-state index in [9.17, 15) is 14.9 Å². The molecule has 0 saturated heterocycles. The highest BCUT2D eigenvalue weighted by molar-refractivity contribution is 7.39. The van der Waals surface area contributed by atoms with Gasteiger partial charge in [0.05, 0.1) is 6.61 Å². The van der Waals surface area contributed by atoms with Crippen LogP contribution in [-0.2, 0) is 26.2 Å². The average Bonchev–Trinajstić information content (AvgIpc) is 2.63. The summed E-state index contributed by atoms with van der Waals surface area (Å²) in [4.78, 5) is 18.8. The molecule has 0 aliphatic rings. The molecule has 0 saturated carbocycles. The molecule has 2 unspecified atom stereocenters. The van der Waals surface area contributed by atoms with E-state index in [-0.39, 0.29) is 40.8 Å². The van der Waals surface area contributed by atoms with E-state index < -0.39 is 8.60 Å². The van der Waals surface area contributed by atoms with E-state index in [1.54, 1.807) is 0 Å². The average molecular weight is 469 g/mol. The lowest BCUT2D eigenvalue weighted by atomic mass is 9.60. The Labute approximate surface area is 198 Å². The predicted molar refractivity (Wildman–Crippen MR) is 137 cm³/mol. The van der Waals surface area contributed by atoms with Gasteiger partial charge in [-0.3, -0.25) is 0 Å². The minimum Gasteiger partial charge on any atom is -0.396 e. The van der Waals surface area contributed by atoms with Crippen LogP contribution >= 0.6 is 8.60 Å². The zero-order valence-corrected chi connectivity index (χ0v) is 23.4. The first kappa shape index (κ1) is 29.5. The van der Waals surface area contributed by atoms with E-state index in [2.05, 4.69) is 88.3 Å². The van der Waals surface area contributed by atoms with Gasteiger partial charge in [0.25, 0.3) is 0 Å². The lowest BCUT2D eigenvalue weighted by molar-refractivity contribution is 0.0888. The number of hydrogen-bond donors (Lipinski definition) is 3. The summed E-state index contributed by atoms with van der Waals surface area (Å²) in [5.41, 5.74) is 4.68. The van der Waals surface area contributed by atoms with Crippen LogP contribution in [0.2, 0.25) is 0 Å². The van der Waals surface area contributed by atoms with Crippen LogP contribution in [0.5, 0.6) is 0 Å². The molecule has 1 rings (SSSR count). The van der Waals surface area contributed by atoms with Gasteiger partial charge in [-0.2, -0.15) is 0 Å². The Balaban J connectivity index is 4.06. The van der Waals surface area contributed by atoms with Gasteiger partial charge in [-0.05, 0) is 44.9 Å². The van der Waals surface area contributed by atoms with Crippen molar-refractivity contribution in [2.24, 2.45) is 5.92 Å². The summed E-state index contributed by atoms with van der Waals surface area (Å²) >= 11 is 0. The van der Waals surface area contributed by atoms with Gasteiger partial charge >= 0.3 is 8.60 Å². The summed E-state index contributed by atoms with van der Waals surface area (Å²) in [5.74, 6) is -0.249. The standard InChI is InChI=1S/C27H49O4P/c1-12-13-14-27(11,20(17-28)18-31-32(29)30)23-21(25(5,6)7)15-19(24(2,3)4)16-22(23)26(8,9)10/h15-16,20,28-30H,12-14,17-18H2,1-11H3. The molecule has 1 aromatic rings. The molecule has 0 fully saturated rings. The molecule has 0 aliphatic heterocycles. The number of rotatable bonds is 9. The molecule has 5 heteroatoms. The highest BCUT2D eigenvalue weighted by Crippen LogP contribution is 2.49. The lowest BCUT2D eigenvalue weighted by Gasteiger charge is -2.45. The molecule has 0 bridgehead atoms. The van der Waals surface area contributed by atoms with Gasteiger partial charge < -0.3 is 19.4 Å². The van der Waals surface area contributed by atoms with Crippen molar-refractivity contribution in [2.75, 3.05) is 13.2 Å². The molecular formula is C27H49O4P. The fourth-order valence-corrected chi connectivity index (χ4v) is 4.86. The minimum atomic E-state index is -2.46. The van der Waals surface area contributed by atoms with Gasteiger partial charge in [0.1, 0.15) is 0 Å². The summed E-state index contributed by atoms with van der Waals surface area (Å²) in [6.07, 6.45) is 2.97.